The first-order chi connectivity index (χ1) is 10.9. The van der Waals surface area contributed by atoms with Crippen LogP contribution in [-0.4, -0.2) is 17.6 Å². The standard InChI is InChI=1S/C16H14F3NO3/c17-11-4-1-3-10(7-11)14(21)9-15(22)20-12-5-2-6-13(8-12)23-16(18)19/h1-8,14,16,21H,9H2,(H,20,22). The van der Waals surface area contributed by atoms with Crippen LogP contribution in [0.25, 0.3) is 0 Å². The quantitative estimate of drug-likeness (QED) is 0.855. The molecular formula is C16H14F3NO3. The van der Waals surface area contributed by atoms with E-state index in [2.05, 4.69) is 10.1 Å². The van der Waals surface area contributed by atoms with Crippen LogP contribution in [0.3, 0.4) is 0 Å². The average molecular weight is 325 g/mol. The third-order valence-electron chi connectivity index (χ3n) is 2.96. The Labute approximate surface area is 130 Å². The summed E-state index contributed by atoms with van der Waals surface area (Å²) in [6.07, 6.45) is -1.48. The zero-order chi connectivity index (χ0) is 16.8. The monoisotopic (exact) mass is 325 g/mol. The average Bonchev–Trinajstić information content (AvgIpc) is 2.46. The summed E-state index contributed by atoms with van der Waals surface area (Å²) in [5, 5.41) is 12.4. The molecule has 0 aliphatic rings. The first-order valence-electron chi connectivity index (χ1n) is 6.72. The van der Waals surface area contributed by atoms with Gasteiger partial charge in [-0.15, -0.1) is 0 Å². The van der Waals surface area contributed by atoms with Gasteiger partial charge < -0.3 is 15.2 Å². The molecule has 2 aromatic rings. The first-order valence-corrected chi connectivity index (χ1v) is 6.72. The molecule has 0 aliphatic carbocycles. The lowest BCUT2D eigenvalue weighted by molar-refractivity contribution is -0.118. The van der Waals surface area contributed by atoms with Crippen molar-refractivity contribution in [2.45, 2.75) is 19.1 Å². The summed E-state index contributed by atoms with van der Waals surface area (Å²) >= 11 is 0. The molecule has 1 unspecified atom stereocenters. The van der Waals surface area contributed by atoms with Crippen molar-refractivity contribution >= 4 is 11.6 Å². The number of halogens is 3. The minimum atomic E-state index is -2.96. The smallest absolute Gasteiger partial charge is 0.387 e. The number of ether oxygens (including phenoxy) is 1. The topological polar surface area (TPSA) is 58.6 Å². The molecule has 0 saturated carbocycles. The molecule has 0 bridgehead atoms. The molecule has 2 rings (SSSR count). The molecule has 4 nitrogen and oxygen atoms in total. The van der Waals surface area contributed by atoms with E-state index in [1.165, 1.54) is 42.5 Å². The molecule has 122 valence electrons. The molecule has 23 heavy (non-hydrogen) atoms. The van der Waals surface area contributed by atoms with Crippen LogP contribution in [0.4, 0.5) is 18.9 Å². The van der Waals surface area contributed by atoms with Crippen molar-refractivity contribution in [2.75, 3.05) is 5.32 Å². The van der Waals surface area contributed by atoms with Gasteiger partial charge in [0.15, 0.2) is 0 Å². The first kappa shape index (κ1) is 16.8. The summed E-state index contributed by atoms with van der Waals surface area (Å²) in [5.74, 6) is -1.15. The van der Waals surface area contributed by atoms with E-state index in [0.29, 0.717) is 0 Å². The molecule has 1 atom stereocenters. The van der Waals surface area contributed by atoms with Crippen molar-refractivity contribution < 1.29 is 27.8 Å². The summed E-state index contributed by atoms with van der Waals surface area (Å²) < 4.78 is 41.6. The minimum Gasteiger partial charge on any atom is -0.435 e. The van der Waals surface area contributed by atoms with Crippen molar-refractivity contribution in [2.24, 2.45) is 0 Å². The Morgan fingerprint density at radius 3 is 2.61 bits per heavy atom. The summed E-state index contributed by atoms with van der Waals surface area (Å²) in [4.78, 5) is 11.9. The fraction of sp³-hybridized carbons (Fsp3) is 0.188. The van der Waals surface area contributed by atoms with Gasteiger partial charge in [-0.25, -0.2) is 4.39 Å². The number of aliphatic hydroxyl groups excluding tert-OH is 1. The maximum absolute atomic E-state index is 13.1. The number of benzene rings is 2. The van der Waals surface area contributed by atoms with Crippen LogP contribution in [0.2, 0.25) is 0 Å². The number of alkyl halides is 2. The van der Waals surface area contributed by atoms with E-state index >= 15 is 0 Å². The number of amides is 1. The number of nitrogens with one attached hydrogen (secondary N) is 1. The third-order valence-corrected chi connectivity index (χ3v) is 2.96. The van der Waals surface area contributed by atoms with E-state index in [0.717, 1.165) is 6.07 Å². The van der Waals surface area contributed by atoms with E-state index in [9.17, 15) is 23.1 Å². The molecular weight excluding hydrogens is 311 g/mol. The minimum absolute atomic E-state index is 0.0940. The second-order valence-electron chi connectivity index (χ2n) is 4.73. The predicted molar refractivity (Wildman–Crippen MR) is 77.7 cm³/mol. The highest BCUT2D eigenvalue weighted by Crippen LogP contribution is 2.21. The van der Waals surface area contributed by atoms with Gasteiger partial charge in [0.2, 0.25) is 5.91 Å². The van der Waals surface area contributed by atoms with Gasteiger partial charge in [0, 0.05) is 11.8 Å². The lowest BCUT2D eigenvalue weighted by Gasteiger charge is -2.12. The van der Waals surface area contributed by atoms with Crippen LogP contribution in [-0.2, 0) is 4.79 Å². The number of carbonyl (C=O) groups excluding carboxylic acids is 1. The fourth-order valence-corrected chi connectivity index (χ4v) is 1.97. The summed E-state index contributed by atoms with van der Waals surface area (Å²) in [7, 11) is 0. The van der Waals surface area contributed by atoms with E-state index in [-0.39, 0.29) is 23.4 Å². The highest BCUT2D eigenvalue weighted by atomic mass is 19.3. The van der Waals surface area contributed by atoms with Crippen molar-refractivity contribution in [3.05, 3.63) is 59.9 Å². The van der Waals surface area contributed by atoms with Crippen LogP contribution in [0.1, 0.15) is 18.1 Å². The molecule has 0 aliphatic heterocycles. The van der Waals surface area contributed by atoms with Crippen LogP contribution in [0, 0.1) is 5.82 Å². The lowest BCUT2D eigenvalue weighted by Crippen LogP contribution is -2.15. The molecule has 0 fully saturated rings. The second kappa shape index (κ2) is 7.64. The zero-order valence-corrected chi connectivity index (χ0v) is 11.9. The van der Waals surface area contributed by atoms with Crippen LogP contribution in [0.5, 0.6) is 5.75 Å². The maximum Gasteiger partial charge on any atom is 0.387 e. The van der Waals surface area contributed by atoms with Crippen LogP contribution < -0.4 is 10.1 Å². The Kier molecular flexibility index (Phi) is 5.59. The van der Waals surface area contributed by atoms with Gasteiger partial charge in [-0.1, -0.05) is 18.2 Å². The number of rotatable bonds is 6. The molecule has 2 aromatic carbocycles. The van der Waals surface area contributed by atoms with Crippen molar-refractivity contribution in [3.63, 3.8) is 0 Å². The van der Waals surface area contributed by atoms with Crippen LogP contribution >= 0.6 is 0 Å². The summed E-state index contributed by atoms with van der Waals surface area (Å²) in [6.45, 7) is -2.96. The van der Waals surface area contributed by atoms with E-state index in [4.69, 9.17) is 0 Å². The molecule has 0 aromatic heterocycles. The molecule has 2 N–H and O–H groups in total. The molecule has 7 heteroatoms. The SMILES string of the molecule is O=C(CC(O)c1cccc(F)c1)Nc1cccc(OC(F)F)c1. The molecule has 1 amide bonds. The van der Waals surface area contributed by atoms with E-state index in [1.807, 2.05) is 0 Å². The highest BCUT2D eigenvalue weighted by Gasteiger charge is 2.14. The summed E-state index contributed by atoms with van der Waals surface area (Å²) in [5.41, 5.74) is 0.523. The Bertz CT molecular complexity index is 679. The Hall–Kier alpha value is -2.54. The van der Waals surface area contributed by atoms with Gasteiger partial charge in [-0.2, -0.15) is 8.78 Å². The number of anilines is 1. The Morgan fingerprint density at radius 2 is 1.91 bits per heavy atom. The van der Waals surface area contributed by atoms with Crippen molar-refractivity contribution in [1.82, 2.24) is 0 Å². The molecule has 0 spiro atoms. The predicted octanol–water partition coefficient (Wildman–Crippen LogP) is 3.49. The normalized spacial score (nSPS) is 12.0. The Balaban J connectivity index is 1.96. The second-order valence-corrected chi connectivity index (χ2v) is 4.73. The van der Waals surface area contributed by atoms with E-state index < -0.39 is 24.4 Å². The van der Waals surface area contributed by atoms with E-state index in [1.54, 1.807) is 0 Å². The van der Waals surface area contributed by atoms with Gasteiger partial charge in [0.05, 0.1) is 12.5 Å². The van der Waals surface area contributed by atoms with Gasteiger partial charge in [0.1, 0.15) is 11.6 Å². The Morgan fingerprint density at radius 1 is 1.17 bits per heavy atom. The molecule has 0 radical (unpaired) electrons. The number of carbonyl (C=O) groups is 1. The number of aliphatic hydroxyl groups is 1. The fourth-order valence-electron chi connectivity index (χ4n) is 1.97. The van der Waals surface area contributed by atoms with Gasteiger partial charge in [-0.05, 0) is 29.8 Å². The maximum atomic E-state index is 13.1. The highest BCUT2D eigenvalue weighted by molar-refractivity contribution is 5.91. The number of hydrogen-bond acceptors (Lipinski definition) is 3. The molecule has 0 saturated heterocycles. The van der Waals surface area contributed by atoms with Crippen molar-refractivity contribution in [3.8, 4) is 5.75 Å². The summed E-state index contributed by atoms with van der Waals surface area (Å²) in [6, 6.07) is 10.8. The third kappa shape index (κ3) is 5.30. The van der Waals surface area contributed by atoms with Gasteiger partial charge in [-0.3, -0.25) is 4.79 Å². The lowest BCUT2D eigenvalue weighted by atomic mass is 10.1. The van der Waals surface area contributed by atoms with Gasteiger partial charge in [0.25, 0.3) is 0 Å². The number of hydrogen-bond donors (Lipinski definition) is 2. The van der Waals surface area contributed by atoms with Crippen molar-refractivity contribution in [1.29, 1.82) is 0 Å². The van der Waals surface area contributed by atoms with Crippen LogP contribution in [0.15, 0.2) is 48.5 Å². The zero-order valence-electron chi connectivity index (χ0n) is 11.9. The van der Waals surface area contributed by atoms with Gasteiger partial charge >= 0.3 is 6.61 Å². The molecule has 0 heterocycles. The largest absolute Gasteiger partial charge is 0.435 e.